The lowest BCUT2D eigenvalue weighted by Gasteiger charge is -2.22. The molecule has 126 valence electrons. The van der Waals surface area contributed by atoms with Crippen molar-refractivity contribution in [2.75, 3.05) is 19.6 Å². The Kier molecular flexibility index (Phi) is 4.81. The number of amides is 1. The molecule has 0 spiro atoms. The van der Waals surface area contributed by atoms with E-state index in [4.69, 9.17) is 10.5 Å². The van der Waals surface area contributed by atoms with Crippen molar-refractivity contribution >= 4 is 5.91 Å². The van der Waals surface area contributed by atoms with Gasteiger partial charge < -0.3 is 15.4 Å². The minimum absolute atomic E-state index is 0.0449. The molecule has 2 N–H and O–H groups in total. The quantitative estimate of drug-likeness (QED) is 0.917. The van der Waals surface area contributed by atoms with Crippen LogP contribution >= 0.6 is 0 Å². The number of nitrogens with zero attached hydrogens (tertiary/aromatic N) is 2. The molecular formula is C19H23N3O2. The van der Waals surface area contributed by atoms with Gasteiger partial charge in [0.1, 0.15) is 12.4 Å². The van der Waals surface area contributed by atoms with E-state index in [9.17, 15) is 4.79 Å². The van der Waals surface area contributed by atoms with Crippen LogP contribution in [0.15, 0.2) is 48.8 Å². The smallest absolute Gasteiger partial charge is 0.253 e. The van der Waals surface area contributed by atoms with Crippen LogP contribution in [0.25, 0.3) is 0 Å². The van der Waals surface area contributed by atoms with E-state index in [1.54, 1.807) is 12.4 Å². The van der Waals surface area contributed by atoms with Gasteiger partial charge >= 0.3 is 0 Å². The van der Waals surface area contributed by atoms with Crippen molar-refractivity contribution < 1.29 is 9.53 Å². The third kappa shape index (κ3) is 3.74. The number of carbonyl (C=O) groups is 1. The van der Waals surface area contributed by atoms with E-state index in [0.717, 1.165) is 30.8 Å². The topological polar surface area (TPSA) is 68.5 Å². The molecule has 5 heteroatoms. The molecule has 1 atom stereocenters. The Bertz CT molecular complexity index is 688. The van der Waals surface area contributed by atoms with Crippen LogP contribution < -0.4 is 10.5 Å². The molecule has 1 fully saturated rings. The van der Waals surface area contributed by atoms with Gasteiger partial charge in [0.05, 0.1) is 0 Å². The molecule has 0 aliphatic carbocycles. The number of nitrogens with two attached hydrogens (primary N) is 1. The van der Waals surface area contributed by atoms with E-state index in [-0.39, 0.29) is 11.3 Å². The highest BCUT2D eigenvalue weighted by molar-refractivity contribution is 5.94. The first-order valence-electron chi connectivity index (χ1n) is 8.21. The van der Waals surface area contributed by atoms with Gasteiger partial charge in [-0.25, -0.2) is 0 Å². The van der Waals surface area contributed by atoms with E-state index < -0.39 is 0 Å². The number of aromatic nitrogens is 1. The Morgan fingerprint density at radius 1 is 1.25 bits per heavy atom. The molecule has 1 aliphatic heterocycles. The molecule has 1 unspecified atom stereocenters. The van der Waals surface area contributed by atoms with Crippen LogP contribution in [-0.2, 0) is 6.61 Å². The number of hydrogen-bond acceptors (Lipinski definition) is 4. The summed E-state index contributed by atoms with van der Waals surface area (Å²) in [6.45, 7) is 4.72. The Morgan fingerprint density at radius 2 is 1.96 bits per heavy atom. The first-order chi connectivity index (χ1) is 11.6. The standard InChI is InChI=1S/C19H23N3O2/c1-19(13-20)8-11-22(14-19)18(23)16-2-4-17(5-3-16)24-12-15-6-9-21-10-7-15/h2-7,9-10H,8,11-14,20H2,1H3. The van der Waals surface area contributed by atoms with Crippen LogP contribution in [0.5, 0.6) is 5.75 Å². The summed E-state index contributed by atoms with van der Waals surface area (Å²) in [4.78, 5) is 18.4. The summed E-state index contributed by atoms with van der Waals surface area (Å²) in [6.07, 6.45) is 4.44. The van der Waals surface area contributed by atoms with Gasteiger partial charge in [-0.3, -0.25) is 9.78 Å². The molecule has 3 rings (SSSR count). The van der Waals surface area contributed by atoms with Crippen molar-refractivity contribution in [1.29, 1.82) is 0 Å². The minimum atomic E-state index is 0.0449. The largest absolute Gasteiger partial charge is 0.489 e. The normalized spacial score (nSPS) is 20.2. The van der Waals surface area contributed by atoms with Crippen LogP contribution in [0.3, 0.4) is 0 Å². The Hall–Kier alpha value is -2.40. The molecule has 0 radical (unpaired) electrons. The van der Waals surface area contributed by atoms with Gasteiger partial charge in [0.25, 0.3) is 5.91 Å². The molecule has 1 aromatic heterocycles. The number of hydrogen-bond donors (Lipinski definition) is 1. The fourth-order valence-corrected chi connectivity index (χ4v) is 2.89. The number of benzene rings is 1. The second-order valence-electron chi connectivity index (χ2n) is 6.66. The highest BCUT2D eigenvalue weighted by Crippen LogP contribution is 2.29. The molecule has 1 saturated heterocycles. The van der Waals surface area contributed by atoms with Crippen molar-refractivity contribution in [3.8, 4) is 5.75 Å². The number of pyridine rings is 1. The summed E-state index contributed by atoms with van der Waals surface area (Å²) in [5.74, 6) is 0.810. The second kappa shape index (κ2) is 7.01. The zero-order chi connectivity index (χ0) is 17.0. The highest BCUT2D eigenvalue weighted by atomic mass is 16.5. The maximum absolute atomic E-state index is 12.6. The number of rotatable bonds is 5. The molecule has 24 heavy (non-hydrogen) atoms. The zero-order valence-corrected chi connectivity index (χ0v) is 13.9. The molecule has 1 aliphatic rings. The molecule has 2 heterocycles. The van der Waals surface area contributed by atoms with Crippen molar-refractivity contribution in [3.05, 3.63) is 59.9 Å². The van der Waals surface area contributed by atoms with E-state index in [0.29, 0.717) is 18.7 Å². The molecule has 1 amide bonds. The van der Waals surface area contributed by atoms with Crippen molar-refractivity contribution in [2.45, 2.75) is 20.0 Å². The van der Waals surface area contributed by atoms with E-state index in [1.807, 2.05) is 41.3 Å². The molecule has 0 bridgehead atoms. The van der Waals surface area contributed by atoms with E-state index in [1.165, 1.54) is 0 Å². The number of ether oxygens (including phenoxy) is 1. The first-order valence-corrected chi connectivity index (χ1v) is 8.21. The lowest BCUT2D eigenvalue weighted by molar-refractivity contribution is 0.0777. The molecular weight excluding hydrogens is 302 g/mol. The number of likely N-dealkylation sites (tertiary alicyclic amines) is 1. The van der Waals surface area contributed by atoms with Crippen molar-refractivity contribution in [1.82, 2.24) is 9.88 Å². The zero-order valence-electron chi connectivity index (χ0n) is 13.9. The summed E-state index contributed by atoms with van der Waals surface area (Å²) < 4.78 is 5.73. The van der Waals surface area contributed by atoms with Gasteiger partial charge in [0.15, 0.2) is 0 Å². The third-order valence-electron chi connectivity index (χ3n) is 4.59. The summed E-state index contributed by atoms with van der Waals surface area (Å²) in [5, 5.41) is 0. The average molecular weight is 325 g/mol. The Morgan fingerprint density at radius 3 is 2.58 bits per heavy atom. The Labute approximate surface area is 142 Å². The highest BCUT2D eigenvalue weighted by Gasteiger charge is 2.35. The van der Waals surface area contributed by atoms with Crippen molar-refractivity contribution in [2.24, 2.45) is 11.1 Å². The van der Waals surface area contributed by atoms with Gasteiger partial charge in [-0.1, -0.05) is 6.92 Å². The summed E-state index contributed by atoms with van der Waals surface area (Å²) in [7, 11) is 0. The van der Waals surface area contributed by atoms with Crippen LogP contribution in [0.2, 0.25) is 0 Å². The van der Waals surface area contributed by atoms with Gasteiger partial charge in [0, 0.05) is 31.0 Å². The predicted molar refractivity (Wildman–Crippen MR) is 92.7 cm³/mol. The molecule has 0 saturated carbocycles. The Balaban J connectivity index is 1.59. The molecule has 2 aromatic rings. The minimum Gasteiger partial charge on any atom is -0.489 e. The maximum atomic E-state index is 12.6. The van der Waals surface area contributed by atoms with Crippen LogP contribution in [0, 0.1) is 5.41 Å². The summed E-state index contributed by atoms with van der Waals surface area (Å²) in [6, 6.07) is 11.2. The SMILES string of the molecule is CC1(CN)CCN(C(=O)c2ccc(OCc3ccncc3)cc2)C1. The van der Waals surface area contributed by atoms with Crippen LogP contribution in [0.1, 0.15) is 29.3 Å². The lowest BCUT2D eigenvalue weighted by atomic mass is 9.90. The van der Waals surface area contributed by atoms with E-state index >= 15 is 0 Å². The number of carbonyl (C=O) groups excluding carboxylic acids is 1. The van der Waals surface area contributed by atoms with Crippen molar-refractivity contribution in [3.63, 3.8) is 0 Å². The summed E-state index contributed by atoms with van der Waals surface area (Å²) in [5.41, 5.74) is 7.60. The van der Waals surface area contributed by atoms with Crippen LogP contribution in [-0.4, -0.2) is 35.4 Å². The fourth-order valence-electron chi connectivity index (χ4n) is 2.89. The monoisotopic (exact) mass is 325 g/mol. The van der Waals surface area contributed by atoms with Gasteiger partial charge in [0.2, 0.25) is 0 Å². The first kappa shape index (κ1) is 16.5. The van der Waals surface area contributed by atoms with Gasteiger partial charge in [-0.05, 0) is 60.3 Å². The summed E-state index contributed by atoms with van der Waals surface area (Å²) >= 11 is 0. The maximum Gasteiger partial charge on any atom is 0.253 e. The van der Waals surface area contributed by atoms with E-state index in [2.05, 4.69) is 11.9 Å². The lowest BCUT2D eigenvalue weighted by Crippen LogP contribution is -2.34. The molecule has 1 aromatic carbocycles. The second-order valence-corrected chi connectivity index (χ2v) is 6.66. The predicted octanol–water partition coefficient (Wildman–Crippen LogP) is 2.47. The van der Waals surface area contributed by atoms with Crippen LogP contribution in [0.4, 0.5) is 0 Å². The average Bonchev–Trinajstić information content (AvgIpc) is 3.04. The fraction of sp³-hybridized carbons (Fsp3) is 0.368. The van der Waals surface area contributed by atoms with Gasteiger partial charge in [-0.15, -0.1) is 0 Å². The van der Waals surface area contributed by atoms with Gasteiger partial charge in [-0.2, -0.15) is 0 Å². The third-order valence-corrected chi connectivity index (χ3v) is 4.59. The molecule has 5 nitrogen and oxygen atoms in total.